The molecule has 0 aromatic heterocycles. The highest BCUT2D eigenvalue weighted by atomic mass is 16.5. The maximum atomic E-state index is 12.6. The number of aliphatic carboxylic acids is 1. The van der Waals surface area contributed by atoms with Crippen LogP contribution in [0.4, 0.5) is 4.79 Å². The van der Waals surface area contributed by atoms with Gasteiger partial charge in [-0.3, -0.25) is 4.79 Å². The number of alkyl carbamates (subject to hydrolysis) is 1. The van der Waals surface area contributed by atoms with E-state index in [1.807, 2.05) is 24.3 Å². The van der Waals surface area contributed by atoms with Crippen molar-refractivity contribution in [3.05, 3.63) is 59.7 Å². The summed E-state index contributed by atoms with van der Waals surface area (Å²) in [5.41, 5.74) is 4.68. The summed E-state index contributed by atoms with van der Waals surface area (Å²) < 4.78 is 5.57. The second kappa shape index (κ2) is 8.30. The van der Waals surface area contributed by atoms with Crippen LogP contribution in [0.2, 0.25) is 0 Å². The average Bonchev–Trinajstić information content (AvgIpc) is 3.38. The molecule has 2 aromatic carbocycles. The summed E-state index contributed by atoms with van der Waals surface area (Å²) in [4.78, 5) is 37.8. The molecule has 0 unspecified atom stereocenters. The van der Waals surface area contributed by atoms with E-state index in [9.17, 15) is 19.5 Å². The van der Waals surface area contributed by atoms with Crippen molar-refractivity contribution < 1.29 is 24.2 Å². The Hall–Kier alpha value is -3.35. The highest BCUT2D eigenvalue weighted by Crippen LogP contribution is 2.44. The summed E-state index contributed by atoms with van der Waals surface area (Å²) in [6.45, 7) is 0.750. The van der Waals surface area contributed by atoms with Crippen LogP contribution in [0.25, 0.3) is 11.1 Å². The Balaban J connectivity index is 1.13. The number of carboxylic acids is 1. The minimum absolute atomic E-state index is 0.00647. The summed E-state index contributed by atoms with van der Waals surface area (Å²) in [7, 11) is 0. The van der Waals surface area contributed by atoms with Crippen LogP contribution in [0.15, 0.2) is 48.5 Å². The lowest BCUT2D eigenvalue weighted by Crippen LogP contribution is -2.52. The fraction of sp³-hybridized carbons (Fsp3) is 0.400. The third-order valence-corrected chi connectivity index (χ3v) is 6.97. The maximum absolute atomic E-state index is 12.6. The van der Waals surface area contributed by atoms with Gasteiger partial charge in [-0.25, -0.2) is 9.59 Å². The normalized spacial score (nSPS) is 23.8. The van der Waals surface area contributed by atoms with E-state index < -0.39 is 18.1 Å². The smallest absolute Gasteiger partial charge is 0.407 e. The number of nitrogens with one attached hydrogen (secondary N) is 1. The van der Waals surface area contributed by atoms with Crippen LogP contribution in [0.1, 0.15) is 42.7 Å². The number of rotatable bonds is 5. The van der Waals surface area contributed by atoms with Gasteiger partial charge in [-0.05, 0) is 47.9 Å². The third-order valence-electron chi connectivity index (χ3n) is 6.97. The Morgan fingerprint density at radius 2 is 1.62 bits per heavy atom. The van der Waals surface area contributed by atoms with Crippen molar-refractivity contribution in [1.82, 2.24) is 10.2 Å². The SMILES string of the molecule is O=C(NC1CC(C(=O)N2CCC[C@H]2C(=O)O)C1)OCC1c2ccccc2-c2ccccc21. The first-order valence-electron chi connectivity index (χ1n) is 11.2. The van der Waals surface area contributed by atoms with E-state index in [2.05, 4.69) is 29.6 Å². The summed E-state index contributed by atoms with van der Waals surface area (Å²) in [5.74, 6) is -1.27. The molecule has 5 rings (SSSR count). The van der Waals surface area contributed by atoms with Gasteiger partial charge in [0.15, 0.2) is 0 Å². The summed E-state index contributed by atoms with van der Waals surface area (Å²) >= 11 is 0. The lowest BCUT2D eigenvalue weighted by molar-refractivity contribution is -0.151. The van der Waals surface area contributed by atoms with Crippen molar-refractivity contribution in [1.29, 1.82) is 0 Å². The zero-order valence-corrected chi connectivity index (χ0v) is 17.7. The summed E-state index contributed by atoms with van der Waals surface area (Å²) in [6, 6.07) is 15.5. The van der Waals surface area contributed by atoms with Gasteiger partial charge in [0, 0.05) is 24.4 Å². The van der Waals surface area contributed by atoms with Crippen molar-refractivity contribution in [2.24, 2.45) is 5.92 Å². The number of nitrogens with zero attached hydrogens (tertiary/aromatic N) is 1. The second-order valence-corrected chi connectivity index (χ2v) is 8.86. The molecule has 0 spiro atoms. The third kappa shape index (κ3) is 3.61. The van der Waals surface area contributed by atoms with Gasteiger partial charge in [-0.2, -0.15) is 0 Å². The Labute approximate surface area is 186 Å². The molecule has 1 saturated heterocycles. The lowest BCUT2D eigenvalue weighted by Gasteiger charge is -2.37. The van der Waals surface area contributed by atoms with Gasteiger partial charge in [0.05, 0.1) is 0 Å². The molecule has 7 heteroatoms. The lowest BCUT2D eigenvalue weighted by atomic mass is 9.79. The van der Waals surface area contributed by atoms with Crippen LogP contribution in [0.5, 0.6) is 0 Å². The summed E-state index contributed by atoms with van der Waals surface area (Å²) in [5, 5.41) is 12.1. The van der Waals surface area contributed by atoms with Gasteiger partial charge >= 0.3 is 12.1 Å². The zero-order valence-electron chi connectivity index (χ0n) is 17.7. The van der Waals surface area contributed by atoms with E-state index in [1.54, 1.807) is 0 Å². The molecule has 3 aliphatic rings. The highest BCUT2D eigenvalue weighted by molar-refractivity contribution is 5.86. The number of ether oxygens (including phenoxy) is 1. The highest BCUT2D eigenvalue weighted by Gasteiger charge is 2.42. The number of benzene rings is 2. The van der Waals surface area contributed by atoms with E-state index in [-0.39, 0.29) is 30.4 Å². The van der Waals surface area contributed by atoms with Crippen molar-refractivity contribution >= 4 is 18.0 Å². The number of hydrogen-bond donors (Lipinski definition) is 2. The molecule has 1 aliphatic heterocycles. The molecule has 0 radical (unpaired) electrons. The number of carboxylic acid groups (broad SMARTS) is 1. The predicted molar refractivity (Wildman–Crippen MR) is 117 cm³/mol. The van der Waals surface area contributed by atoms with E-state index in [0.29, 0.717) is 25.8 Å². The largest absolute Gasteiger partial charge is 0.480 e. The summed E-state index contributed by atoms with van der Waals surface area (Å²) in [6.07, 6.45) is 1.79. The molecule has 1 atom stereocenters. The molecule has 1 heterocycles. The van der Waals surface area contributed by atoms with Crippen LogP contribution < -0.4 is 5.32 Å². The Kier molecular flexibility index (Phi) is 5.33. The van der Waals surface area contributed by atoms with Crippen LogP contribution in [-0.2, 0) is 14.3 Å². The van der Waals surface area contributed by atoms with Crippen molar-refractivity contribution in [3.63, 3.8) is 0 Å². The van der Waals surface area contributed by atoms with E-state index in [1.165, 1.54) is 16.0 Å². The predicted octanol–water partition coefficient (Wildman–Crippen LogP) is 3.38. The molecule has 7 nitrogen and oxygen atoms in total. The van der Waals surface area contributed by atoms with Crippen molar-refractivity contribution in [2.75, 3.05) is 13.2 Å². The van der Waals surface area contributed by atoms with E-state index >= 15 is 0 Å². The van der Waals surface area contributed by atoms with Gasteiger partial charge in [-0.1, -0.05) is 48.5 Å². The number of hydrogen-bond acceptors (Lipinski definition) is 4. The van der Waals surface area contributed by atoms with E-state index in [4.69, 9.17) is 4.74 Å². The first-order chi connectivity index (χ1) is 15.5. The number of likely N-dealkylation sites (tertiary alicyclic amines) is 1. The molecule has 166 valence electrons. The van der Waals surface area contributed by atoms with Crippen LogP contribution in [-0.4, -0.2) is 53.2 Å². The number of fused-ring (bicyclic) bond motifs is 3. The van der Waals surface area contributed by atoms with Crippen LogP contribution >= 0.6 is 0 Å². The minimum Gasteiger partial charge on any atom is -0.480 e. The van der Waals surface area contributed by atoms with Gasteiger partial charge in [0.25, 0.3) is 0 Å². The molecular formula is C25H26N2O5. The topological polar surface area (TPSA) is 95.9 Å². The molecule has 0 bridgehead atoms. The Bertz CT molecular complexity index is 1020. The van der Waals surface area contributed by atoms with Gasteiger partial charge in [-0.15, -0.1) is 0 Å². The fourth-order valence-corrected chi connectivity index (χ4v) is 5.27. The standard InChI is InChI=1S/C25H26N2O5/c28-23(27-11-5-10-22(27)24(29)30)15-12-16(13-15)26-25(31)32-14-21-19-8-3-1-6-17(19)18-7-2-4-9-20(18)21/h1-4,6-9,15-16,21-22H,5,10-14H2,(H,26,31)(H,29,30)/t15?,16?,22-/m0/s1. The molecule has 2 aromatic rings. The monoisotopic (exact) mass is 434 g/mol. The molecule has 1 saturated carbocycles. The second-order valence-electron chi connectivity index (χ2n) is 8.86. The van der Waals surface area contributed by atoms with Gasteiger partial charge < -0.3 is 20.1 Å². The number of amides is 2. The quantitative estimate of drug-likeness (QED) is 0.752. The van der Waals surface area contributed by atoms with E-state index in [0.717, 1.165) is 17.5 Å². The Morgan fingerprint density at radius 3 is 2.25 bits per heavy atom. The number of carbonyl (C=O) groups excluding carboxylic acids is 2. The Morgan fingerprint density at radius 1 is 1.00 bits per heavy atom. The minimum atomic E-state index is -0.941. The fourth-order valence-electron chi connectivity index (χ4n) is 5.27. The molecular weight excluding hydrogens is 408 g/mol. The average molecular weight is 434 g/mol. The maximum Gasteiger partial charge on any atom is 0.407 e. The molecule has 2 N–H and O–H groups in total. The van der Waals surface area contributed by atoms with Crippen LogP contribution in [0, 0.1) is 5.92 Å². The van der Waals surface area contributed by atoms with Crippen molar-refractivity contribution in [2.45, 2.75) is 43.7 Å². The first kappa shape index (κ1) is 20.5. The van der Waals surface area contributed by atoms with Crippen molar-refractivity contribution in [3.8, 4) is 11.1 Å². The molecule has 2 amide bonds. The number of carbonyl (C=O) groups is 3. The van der Waals surface area contributed by atoms with Crippen LogP contribution in [0.3, 0.4) is 0 Å². The molecule has 2 aliphatic carbocycles. The van der Waals surface area contributed by atoms with Gasteiger partial charge in [0.2, 0.25) is 5.91 Å². The zero-order chi connectivity index (χ0) is 22.2. The first-order valence-corrected chi connectivity index (χ1v) is 11.2. The molecule has 32 heavy (non-hydrogen) atoms. The van der Waals surface area contributed by atoms with Gasteiger partial charge in [0.1, 0.15) is 12.6 Å². The molecule has 2 fully saturated rings.